The molecule has 1 unspecified atom stereocenters. The second-order valence-corrected chi connectivity index (χ2v) is 15.7. The molecule has 1 saturated heterocycles. The molecule has 0 aromatic heterocycles. The van der Waals surface area contributed by atoms with Gasteiger partial charge in [-0.2, -0.15) is 4.31 Å². The molecule has 1 fully saturated rings. The quantitative estimate of drug-likeness (QED) is 0.527. The summed E-state index contributed by atoms with van der Waals surface area (Å²) in [6, 6.07) is 13.9. The van der Waals surface area contributed by atoms with Crippen molar-refractivity contribution in [3.8, 4) is 0 Å². The summed E-state index contributed by atoms with van der Waals surface area (Å²) in [6.07, 6.45) is 4.11. The van der Waals surface area contributed by atoms with Crippen LogP contribution in [0.25, 0.3) is 6.08 Å². The Kier molecular flexibility index (Phi) is 5.23. The molecule has 0 radical (unpaired) electrons. The third kappa shape index (κ3) is 3.95. The van der Waals surface area contributed by atoms with Gasteiger partial charge >= 0.3 is 0 Å². The van der Waals surface area contributed by atoms with Crippen LogP contribution in [0.2, 0.25) is 19.6 Å². The molecule has 0 amide bonds. The van der Waals surface area contributed by atoms with Crippen LogP contribution in [-0.4, -0.2) is 32.5 Å². The predicted octanol–water partition coefficient (Wildman–Crippen LogP) is 4.94. The van der Waals surface area contributed by atoms with E-state index >= 15 is 0 Å². The van der Waals surface area contributed by atoms with Gasteiger partial charge in [-0.05, 0) is 37.5 Å². The van der Waals surface area contributed by atoms with Gasteiger partial charge < -0.3 is 0 Å². The zero-order valence-corrected chi connectivity index (χ0v) is 18.8. The highest BCUT2D eigenvalue weighted by molar-refractivity contribution is 7.89. The van der Waals surface area contributed by atoms with Crippen LogP contribution in [0.5, 0.6) is 0 Å². The fourth-order valence-electron chi connectivity index (χ4n) is 4.08. The minimum atomic E-state index is -3.51. The Morgan fingerprint density at radius 3 is 2.04 bits per heavy atom. The molecule has 0 aliphatic carbocycles. The van der Waals surface area contributed by atoms with Crippen LogP contribution in [0.4, 0.5) is 0 Å². The van der Waals surface area contributed by atoms with E-state index in [4.69, 9.17) is 0 Å². The SMILES string of the molecule is Cc1cc(C)c(S(=O)(=O)N2[C@H]([Si](C)(C)C)[C@@H]2/C=C/c2ccccc2)c(C)c1. The number of hydrogen-bond donors (Lipinski definition) is 0. The van der Waals surface area contributed by atoms with Crippen LogP contribution in [0.1, 0.15) is 22.3 Å². The van der Waals surface area contributed by atoms with Crippen molar-refractivity contribution in [3.05, 3.63) is 70.8 Å². The largest absolute Gasteiger partial charge is 0.244 e. The van der Waals surface area contributed by atoms with Gasteiger partial charge in [0.15, 0.2) is 0 Å². The van der Waals surface area contributed by atoms with Crippen LogP contribution < -0.4 is 0 Å². The van der Waals surface area contributed by atoms with E-state index in [2.05, 4.69) is 25.7 Å². The van der Waals surface area contributed by atoms with Crippen molar-refractivity contribution in [1.82, 2.24) is 4.31 Å². The van der Waals surface area contributed by atoms with Gasteiger partial charge in [0.1, 0.15) is 0 Å². The molecule has 3 atom stereocenters. The van der Waals surface area contributed by atoms with Gasteiger partial charge in [0.05, 0.1) is 19.0 Å². The molecule has 1 heterocycles. The lowest BCUT2D eigenvalue weighted by atomic mass is 10.1. The number of sulfonamides is 1. The predicted molar refractivity (Wildman–Crippen MR) is 116 cm³/mol. The fraction of sp³-hybridized carbons (Fsp3) is 0.364. The van der Waals surface area contributed by atoms with Crippen molar-refractivity contribution in [1.29, 1.82) is 0 Å². The Balaban J connectivity index is 1.99. The van der Waals surface area contributed by atoms with Crippen LogP contribution in [0.3, 0.4) is 0 Å². The molecular weight excluding hydrogens is 370 g/mol. The summed E-state index contributed by atoms with van der Waals surface area (Å²) in [7, 11) is -5.19. The molecule has 2 aromatic rings. The highest BCUT2D eigenvalue weighted by Crippen LogP contribution is 2.43. The lowest BCUT2D eigenvalue weighted by Gasteiger charge is -2.17. The van der Waals surface area contributed by atoms with E-state index in [1.54, 1.807) is 4.31 Å². The molecule has 1 aliphatic rings. The van der Waals surface area contributed by atoms with E-state index in [0.717, 1.165) is 22.3 Å². The Morgan fingerprint density at radius 1 is 0.963 bits per heavy atom. The van der Waals surface area contributed by atoms with Crippen LogP contribution in [0.15, 0.2) is 53.4 Å². The average Bonchev–Trinajstić information content (AvgIpc) is 3.28. The third-order valence-electron chi connectivity index (χ3n) is 5.11. The summed E-state index contributed by atoms with van der Waals surface area (Å²) in [5.74, 6) is 0. The van der Waals surface area contributed by atoms with Crippen LogP contribution in [0, 0.1) is 20.8 Å². The van der Waals surface area contributed by atoms with Crippen molar-refractivity contribution in [2.45, 2.75) is 57.0 Å². The van der Waals surface area contributed by atoms with Crippen molar-refractivity contribution in [2.24, 2.45) is 0 Å². The Bertz CT molecular complexity index is 952. The standard InChI is InChI=1S/C22H29NO2SSi/c1-16-14-17(2)21(18(3)15-16)26(24,25)23-20(22(23)27(4,5)6)13-12-19-10-8-7-9-11-19/h7-15,20,22H,1-6H3/b13-12+/t20-,22+,23?/m0/s1. The summed E-state index contributed by atoms with van der Waals surface area (Å²) in [5.41, 5.74) is 3.96. The van der Waals surface area contributed by atoms with E-state index in [9.17, 15) is 8.42 Å². The van der Waals surface area contributed by atoms with E-state index in [1.165, 1.54) is 0 Å². The Morgan fingerprint density at radius 2 is 1.52 bits per heavy atom. The summed E-state index contributed by atoms with van der Waals surface area (Å²) < 4.78 is 28.8. The zero-order valence-electron chi connectivity index (χ0n) is 17.0. The highest BCUT2D eigenvalue weighted by Gasteiger charge is 2.59. The van der Waals surface area contributed by atoms with Crippen LogP contribution in [-0.2, 0) is 10.0 Å². The second-order valence-electron chi connectivity index (χ2n) is 8.63. The Hall–Kier alpha value is -1.69. The number of aryl methyl sites for hydroxylation is 3. The number of benzene rings is 2. The van der Waals surface area contributed by atoms with E-state index in [1.807, 2.05) is 69.3 Å². The molecule has 3 nitrogen and oxygen atoms in total. The van der Waals surface area contributed by atoms with Gasteiger partial charge in [-0.3, -0.25) is 0 Å². The van der Waals surface area contributed by atoms with Gasteiger partial charge in [0.25, 0.3) is 0 Å². The monoisotopic (exact) mass is 399 g/mol. The summed E-state index contributed by atoms with van der Waals surface area (Å²) in [5, 5.41) is 0. The molecular formula is C22H29NO2SSi. The van der Waals surface area contributed by atoms with Gasteiger partial charge in [0.2, 0.25) is 10.0 Å². The summed E-state index contributed by atoms with van der Waals surface area (Å²) in [4.78, 5) is 0.479. The van der Waals surface area contributed by atoms with Crippen molar-refractivity contribution < 1.29 is 8.42 Å². The van der Waals surface area contributed by atoms with Gasteiger partial charge in [-0.25, -0.2) is 8.42 Å². The number of hydrogen-bond acceptors (Lipinski definition) is 2. The molecule has 0 spiro atoms. The second kappa shape index (κ2) is 7.04. The van der Waals surface area contributed by atoms with Gasteiger partial charge in [-0.15, -0.1) is 0 Å². The van der Waals surface area contributed by atoms with E-state index < -0.39 is 18.1 Å². The maximum Gasteiger partial charge on any atom is 0.244 e. The molecule has 27 heavy (non-hydrogen) atoms. The van der Waals surface area contributed by atoms with Crippen LogP contribution >= 0.6 is 0 Å². The maximum absolute atomic E-state index is 13.5. The van der Waals surface area contributed by atoms with E-state index in [0.29, 0.717) is 4.90 Å². The molecule has 3 rings (SSSR count). The van der Waals surface area contributed by atoms with E-state index in [-0.39, 0.29) is 11.7 Å². The molecule has 2 aromatic carbocycles. The third-order valence-corrected chi connectivity index (χ3v) is 9.88. The maximum atomic E-state index is 13.5. The normalized spacial score (nSPS) is 23.0. The fourth-order valence-corrected chi connectivity index (χ4v) is 9.71. The highest BCUT2D eigenvalue weighted by atomic mass is 32.2. The topological polar surface area (TPSA) is 37.1 Å². The lowest BCUT2D eigenvalue weighted by Crippen LogP contribution is -2.34. The summed E-state index contributed by atoms with van der Waals surface area (Å²) in [6.45, 7) is 12.5. The molecule has 5 heteroatoms. The first-order valence-electron chi connectivity index (χ1n) is 9.38. The molecule has 0 saturated carbocycles. The lowest BCUT2D eigenvalue weighted by molar-refractivity contribution is 0.554. The van der Waals surface area contributed by atoms with Crippen molar-refractivity contribution in [3.63, 3.8) is 0 Å². The molecule has 0 bridgehead atoms. The van der Waals surface area contributed by atoms with Gasteiger partial charge in [-0.1, -0.05) is 79.8 Å². The molecule has 0 N–H and O–H groups in total. The van der Waals surface area contributed by atoms with Gasteiger partial charge in [0, 0.05) is 5.67 Å². The average molecular weight is 400 g/mol. The minimum absolute atomic E-state index is 0.0537. The first-order valence-corrected chi connectivity index (χ1v) is 14.4. The first kappa shape index (κ1) is 20.1. The molecule has 1 aliphatic heterocycles. The minimum Gasteiger partial charge on any atom is -0.207 e. The first-order chi connectivity index (χ1) is 12.5. The number of nitrogens with zero attached hydrogens (tertiary/aromatic N) is 1. The molecule has 144 valence electrons. The zero-order chi connectivity index (χ0) is 20.0. The van der Waals surface area contributed by atoms with Crippen molar-refractivity contribution in [2.75, 3.05) is 0 Å². The van der Waals surface area contributed by atoms with Crippen molar-refractivity contribution >= 4 is 24.2 Å². The Labute approximate surface area is 164 Å². The summed E-state index contributed by atoms with van der Waals surface area (Å²) >= 11 is 0. The smallest absolute Gasteiger partial charge is 0.207 e. The number of rotatable bonds is 5.